The minimum absolute atomic E-state index is 0.622. The van der Waals surface area contributed by atoms with Gasteiger partial charge in [-0.05, 0) is 81.9 Å². The van der Waals surface area contributed by atoms with Crippen molar-refractivity contribution in [3.8, 4) is 22.6 Å². The molecular weight excluding hydrogens is 649 g/mol. The number of furan rings is 1. The van der Waals surface area contributed by atoms with Gasteiger partial charge >= 0.3 is 0 Å². The number of anilines is 3. The van der Waals surface area contributed by atoms with Gasteiger partial charge in [0, 0.05) is 49.9 Å². The summed E-state index contributed by atoms with van der Waals surface area (Å²) in [5.74, 6) is 0.622. The summed E-state index contributed by atoms with van der Waals surface area (Å²) in [5.41, 5.74) is 9.83. The molecule has 11 rings (SSSR count). The second-order valence-corrected chi connectivity index (χ2v) is 13.5. The van der Waals surface area contributed by atoms with Crippen LogP contribution in [0.2, 0.25) is 0 Å². The number of benzene rings is 9. The van der Waals surface area contributed by atoms with Crippen molar-refractivity contribution >= 4 is 82.4 Å². The number of hydrogen-bond donors (Lipinski definition) is 0. The largest absolute Gasteiger partial charge is 0.456 e. The molecule has 0 radical (unpaired) electrons. The van der Waals surface area contributed by atoms with Gasteiger partial charge < -0.3 is 13.7 Å². The topological polar surface area (TPSA) is 42.4 Å². The Hall–Kier alpha value is -7.17. The third kappa shape index (κ3) is 4.73. The number of para-hydroxylation sites is 1. The summed E-state index contributed by atoms with van der Waals surface area (Å²) >= 11 is 0. The first kappa shape index (κ1) is 29.5. The number of fused-ring (bicyclic) bond motifs is 10. The molecule has 2 aromatic heterocycles. The monoisotopic (exact) mass is 678 g/mol. The molecule has 4 nitrogen and oxygen atoms in total. The Labute approximate surface area is 304 Å². The van der Waals surface area contributed by atoms with Gasteiger partial charge in [0.15, 0.2) is 5.58 Å². The maximum absolute atomic E-state index is 6.62. The van der Waals surface area contributed by atoms with E-state index in [1.165, 1.54) is 11.1 Å². The van der Waals surface area contributed by atoms with Gasteiger partial charge in [0.05, 0.1) is 5.69 Å². The van der Waals surface area contributed by atoms with Crippen molar-refractivity contribution in [2.75, 3.05) is 4.90 Å². The normalized spacial score (nSPS) is 11.8. The molecule has 0 saturated carbocycles. The molecule has 0 N–H and O–H groups in total. The predicted octanol–water partition coefficient (Wildman–Crippen LogP) is 14.0. The van der Waals surface area contributed by atoms with Gasteiger partial charge in [-0.3, -0.25) is 0 Å². The Bertz CT molecular complexity index is 3160. The number of nitrogens with zero attached hydrogens (tertiary/aromatic N) is 2. The predicted molar refractivity (Wildman–Crippen MR) is 219 cm³/mol. The third-order valence-electron chi connectivity index (χ3n) is 10.5. The molecule has 0 atom stereocenters. The van der Waals surface area contributed by atoms with Gasteiger partial charge in [0.25, 0.3) is 0 Å². The van der Waals surface area contributed by atoms with Gasteiger partial charge in [0.1, 0.15) is 16.7 Å². The lowest BCUT2D eigenvalue weighted by molar-refractivity contribution is 0.623. The van der Waals surface area contributed by atoms with E-state index in [-0.39, 0.29) is 0 Å². The van der Waals surface area contributed by atoms with E-state index in [4.69, 9.17) is 13.8 Å². The van der Waals surface area contributed by atoms with Crippen LogP contribution < -0.4 is 4.90 Å². The van der Waals surface area contributed by atoms with E-state index in [1.807, 2.05) is 42.5 Å². The van der Waals surface area contributed by atoms with Crippen LogP contribution in [-0.4, -0.2) is 4.98 Å². The highest BCUT2D eigenvalue weighted by Crippen LogP contribution is 2.45. The molecule has 0 aliphatic rings. The molecule has 0 aliphatic carbocycles. The third-order valence-corrected chi connectivity index (χ3v) is 10.5. The SMILES string of the molecule is c1ccc(-c2ccc(N(c3ccc4c(c3)oc3ccccc34)c3cccc4c3ccc3ccc5ccc6nc(-c7ccccc7)oc6c5c34)cc2)cc1. The fourth-order valence-corrected chi connectivity index (χ4v) is 7.97. The highest BCUT2D eigenvalue weighted by atomic mass is 16.3. The van der Waals surface area contributed by atoms with Crippen LogP contribution in [0, 0.1) is 0 Å². The molecule has 53 heavy (non-hydrogen) atoms. The van der Waals surface area contributed by atoms with Crippen LogP contribution in [0.25, 0.3) is 87.9 Å². The van der Waals surface area contributed by atoms with E-state index in [1.54, 1.807) is 0 Å². The van der Waals surface area contributed by atoms with Gasteiger partial charge in [-0.1, -0.05) is 121 Å². The summed E-state index contributed by atoms with van der Waals surface area (Å²) in [6.45, 7) is 0. The van der Waals surface area contributed by atoms with Crippen LogP contribution in [0.5, 0.6) is 0 Å². The van der Waals surface area contributed by atoms with Crippen molar-refractivity contribution in [1.29, 1.82) is 0 Å². The summed E-state index contributed by atoms with van der Waals surface area (Å²) in [5, 5.41) is 8.97. The minimum atomic E-state index is 0.622. The molecule has 0 saturated heterocycles. The number of hydrogen-bond acceptors (Lipinski definition) is 4. The van der Waals surface area contributed by atoms with Crippen molar-refractivity contribution in [3.63, 3.8) is 0 Å². The molecule has 4 heteroatoms. The van der Waals surface area contributed by atoms with Crippen molar-refractivity contribution in [3.05, 3.63) is 182 Å². The lowest BCUT2D eigenvalue weighted by atomic mass is 9.94. The van der Waals surface area contributed by atoms with Crippen molar-refractivity contribution in [1.82, 2.24) is 4.98 Å². The van der Waals surface area contributed by atoms with Crippen molar-refractivity contribution in [2.24, 2.45) is 0 Å². The van der Waals surface area contributed by atoms with Crippen molar-refractivity contribution in [2.45, 2.75) is 0 Å². The summed E-state index contributed by atoms with van der Waals surface area (Å²) in [4.78, 5) is 7.28. The molecule has 11 aromatic rings. The van der Waals surface area contributed by atoms with E-state index in [9.17, 15) is 0 Å². The van der Waals surface area contributed by atoms with E-state index >= 15 is 0 Å². The summed E-state index contributed by atoms with van der Waals surface area (Å²) < 4.78 is 13.0. The molecule has 0 bridgehead atoms. The molecule has 2 heterocycles. The molecule has 0 spiro atoms. The van der Waals surface area contributed by atoms with E-state index < -0.39 is 0 Å². The van der Waals surface area contributed by atoms with E-state index in [2.05, 4.69) is 144 Å². The molecule has 248 valence electrons. The minimum Gasteiger partial charge on any atom is -0.456 e. The summed E-state index contributed by atoms with van der Waals surface area (Å²) in [7, 11) is 0. The Kier molecular flexibility index (Phi) is 6.52. The van der Waals surface area contributed by atoms with Crippen LogP contribution in [0.1, 0.15) is 0 Å². The lowest BCUT2D eigenvalue weighted by Gasteiger charge is -2.27. The van der Waals surface area contributed by atoms with Gasteiger partial charge in [-0.25, -0.2) is 4.98 Å². The Morgan fingerprint density at radius 2 is 1.02 bits per heavy atom. The Balaban J connectivity index is 1.16. The molecule has 0 unspecified atom stereocenters. The van der Waals surface area contributed by atoms with Crippen LogP contribution >= 0.6 is 0 Å². The Morgan fingerprint density at radius 3 is 1.85 bits per heavy atom. The van der Waals surface area contributed by atoms with Crippen LogP contribution in [0.15, 0.2) is 191 Å². The maximum atomic E-state index is 6.62. The zero-order valence-corrected chi connectivity index (χ0v) is 28.5. The fraction of sp³-hybridized carbons (Fsp3) is 0. The second-order valence-electron chi connectivity index (χ2n) is 13.5. The summed E-state index contributed by atoms with van der Waals surface area (Å²) in [6.07, 6.45) is 0. The first-order valence-electron chi connectivity index (χ1n) is 17.9. The van der Waals surface area contributed by atoms with E-state index in [0.29, 0.717) is 5.89 Å². The Morgan fingerprint density at radius 1 is 0.396 bits per heavy atom. The number of rotatable bonds is 5. The van der Waals surface area contributed by atoms with Crippen LogP contribution in [0.4, 0.5) is 17.1 Å². The zero-order chi connectivity index (χ0) is 34.9. The zero-order valence-electron chi connectivity index (χ0n) is 28.5. The quantitative estimate of drug-likeness (QED) is 0.170. The van der Waals surface area contributed by atoms with Crippen molar-refractivity contribution < 1.29 is 8.83 Å². The molecule has 0 aliphatic heterocycles. The standard InChI is InChI=1S/C49H30N2O2/c1-3-10-31(11-4-1)32-20-24-36(25-21-32)51(37-26-28-40-39-14-7-8-17-44(39)52-45(40)30-37)43-16-9-15-41-38(43)27-22-33-18-19-34-23-29-42-48(47(34)46(33)41)53-49(50-42)35-12-5-2-6-13-35/h1-30H. The highest BCUT2D eigenvalue weighted by molar-refractivity contribution is 6.27. The first-order valence-corrected chi connectivity index (χ1v) is 17.9. The van der Waals surface area contributed by atoms with E-state index in [0.717, 1.165) is 88.0 Å². The average molecular weight is 679 g/mol. The fourth-order valence-electron chi connectivity index (χ4n) is 7.97. The van der Waals surface area contributed by atoms with Crippen LogP contribution in [-0.2, 0) is 0 Å². The maximum Gasteiger partial charge on any atom is 0.227 e. The lowest BCUT2D eigenvalue weighted by Crippen LogP contribution is -2.10. The average Bonchev–Trinajstić information content (AvgIpc) is 3.83. The van der Waals surface area contributed by atoms with Gasteiger partial charge in [-0.2, -0.15) is 0 Å². The van der Waals surface area contributed by atoms with Gasteiger partial charge in [-0.15, -0.1) is 0 Å². The molecule has 0 fully saturated rings. The second kappa shape index (κ2) is 11.7. The smallest absolute Gasteiger partial charge is 0.227 e. The first-order chi connectivity index (χ1) is 26.3. The molecular formula is C49H30N2O2. The molecule has 9 aromatic carbocycles. The highest BCUT2D eigenvalue weighted by Gasteiger charge is 2.20. The molecule has 0 amide bonds. The number of aromatic nitrogens is 1. The van der Waals surface area contributed by atoms with Gasteiger partial charge in [0.2, 0.25) is 5.89 Å². The van der Waals surface area contributed by atoms with Crippen LogP contribution in [0.3, 0.4) is 0 Å². The summed E-state index contributed by atoms with van der Waals surface area (Å²) in [6, 6.07) is 63.9. The number of oxazole rings is 1.